The Morgan fingerprint density at radius 2 is 2.22 bits per heavy atom. The lowest BCUT2D eigenvalue weighted by Crippen LogP contribution is -2.40. The van der Waals surface area contributed by atoms with Crippen LogP contribution in [0.2, 0.25) is 0 Å². The molecule has 2 aliphatic rings. The highest BCUT2D eigenvalue weighted by molar-refractivity contribution is 4.99. The van der Waals surface area contributed by atoms with Crippen LogP contribution in [0.5, 0.6) is 0 Å². The van der Waals surface area contributed by atoms with Gasteiger partial charge in [0.05, 0.1) is 6.10 Å². The lowest BCUT2D eigenvalue weighted by Gasteiger charge is -2.26. The van der Waals surface area contributed by atoms with Crippen molar-refractivity contribution in [3.8, 4) is 0 Å². The molecular weight excluding hydrogens is 114 g/mol. The molecule has 0 aromatic carbocycles. The van der Waals surface area contributed by atoms with E-state index in [0.717, 1.165) is 19.5 Å². The Bertz CT molecular complexity index is 120. The number of hydrogen-bond acceptors (Lipinski definition) is 2. The third-order valence-corrected chi connectivity index (χ3v) is 2.51. The minimum absolute atomic E-state index is 0.0683. The summed E-state index contributed by atoms with van der Waals surface area (Å²) in [5, 5.41) is 12.5. The van der Waals surface area contributed by atoms with Gasteiger partial charge in [0.2, 0.25) is 0 Å². The summed E-state index contributed by atoms with van der Waals surface area (Å²) in [4.78, 5) is 0. The van der Waals surface area contributed by atoms with Crippen LogP contribution in [0, 0.1) is 5.41 Å². The maximum absolute atomic E-state index is 9.22. The van der Waals surface area contributed by atoms with Gasteiger partial charge in [-0.25, -0.2) is 0 Å². The van der Waals surface area contributed by atoms with Gasteiger partial charge in [-0.05, 0) is 24.7 Å². The molecule has 1 heterocycles. The van der Waals surface area contributed by atoms with E-state index >= 15 is 0 Å². The first-order valence-corrected chi connectivity index (χ1v) is 3.70. The Balaban J connectivity index is 1.96. The summed E-state index contributed by atoms with van der Waals surface area (Å²) in [7, 11) is 0. The molecule has 0 aromatic heterocycles. The van der Waals surface area contributed by atoms with E-state index in [0.29, 0.717) is 5.41 Å². The Morgan fingerprint density at radius 1 is 1.44 bits per heavy atom. The van der Waals surface area contributed by atoms with E-state index in [1.54, 1.807) is 0 Å². The summed E-state index contributed by atoms with van der Waals surface area (Å²) in [5.74, 6) is 0. The van der Waals surface area contributed by atoms with Gasteiger partial charge in [0.1, 0.15) is 0 Å². The van der Waals surface area contributed by atoms with Crippen molar-refractivity contribution in [3.05, 3.63) is 0 Å². The van der Waals surface area contributed by atoms with Crippen molar-refractivity contribution in [1.29, 1.82) is 0 Å². The first kappa shape index (κ1) is 5.69. The van der Waals surface area contributed by atoms with E-state index in [2.05, 4.69) is 5.32 Å². The van der Waals surface area contributed by atoms with E-state index in [9.17, 15) is 5.11 Å². The van der Waals surface area contributed by atoms with E-state index < -0.39 is 0 Å². The molecule has 0 bridgehead atoms. The van der Waals surface area contributed by atoms with Gasteiger partial charge in [0.15, 0.2) is 0 Å². The molecule has 0 aromatic rings. The van der Waals surface area contributed by atoms with E-state index in [-0.39, 0.29) is 6.10 Å². The van der Waals surface area contributed by atoms with Crippen molar-refractivity contribution >= 4 is 0 Å². The van der Waals surface area contributed by atoms with Gasteiger partial charge < -0.3 is 10.4 Å². The fraction of sp³-hybridized carbons (Fsp3) is 1.00. The van der Waals surface area contributed by atoms with Gasteiger partial charge in [-0.2, -0.15) is 0 Å². The maximum Gasteiger partial charge on any atom is 0.0670 e. The standard InChI is InChI=1S/C7H13NO/c9-6-3-7(1-2-7)5-8-4-6/h6,8-9H,1-5H2/t6-/m1/s1. The maximum atomic E-state index is 9.22. The van der Waals surface area contributed by atoms with Crippen LogP contribution in [0.3, 0.4) is 0 Å². The molecular formula is C7H13NO. The van der Waals surface area contributed by atoms with Crippen LogP contribution in [0.15, 0.2) is 0 Å². The van der Waals surface area contributed by atoms with Crippen molar-refractivity contribution in [2.45, 2.75) is 25.4 Å². The molecule has 52 valence electrons. The third kappa shape index (κ3) is 0.970. The normalized spacial score (nSPS) is 39.0. The predicted molar refractivity (Wildman–Crippen MR) is 35.2 cm³/mol. The molecule has 2 N–H and O–H groups in total. The Hall–Kier alpha value is -0.0800. The number of aliphatic hydroxyl groups excluding tert-OH is 1. The van der Waals surface area contributed by atoms with E-state index in [4.69, 9.17) is 0 Å². The number of hydrogen-bond donors (Lipinski definition) is 2. The van der Waals surface area contributed by atoms with E-state index in [1.165, 1.54) is 12.8 Å². The van der Waals surface area contributed by atoms with Gasteiger partial charge in [-0.1, -0.05) is 0 Å². The fourth-order valence-corrected chi connectivity index (χ4v) is 1.71. The number of aliphatic hydroxyl groups is 1. The van der Waals surface area contributed by atoms with Gasteiger partial charge in [0, 0.05) is 13.1 Å². The summed E-state index contributed by atoms with van der Waals surface area (Å²) < 4.78 is 0. The Labute approximate surface area is 55.3 Å². The minimum atomic E-state index is -0.0683. The second kappa shape index (κ2) is 1.70. The second-order valence-electron chi connectivity index (χ2n) is 3.49. The van der Waals surface area contributed by atoms with Crippen LogP contribution in [-0.4, -0.2) is 24.3 Å². The van der Waals surface area contributed by atoms with Crippen LogP contribution in [0.1, 0.15) is 19.3 Å². The summed E-state index contributed by atoms with van der Waals surface area (Å²) in [6, 6.07) is 0. The number of nitrogens with one attached hydrogen (secondary N) is 1. The van der Waals surface area contributed by atoms with Gasteiger partial charge in [-0.3, -0.25) is 0 Å². The van der Waals surface area contributed by atoms with Crippen LogP contribution < -0.4 is 5.32 Å². The molecule has 1 aliphatic heterocycles. The van der Waals surface area contributed by atoms with Crippen LogP contribution in [-0.2, 0) is 0 Å². The Kier molecular flexibility index (Phi) is 1.08. The van der Waals surface area contributed by atoms with E-state index in [1.807, 2.05) is 0 Å². The zero-order valence-electron chi connectivity index (χ0n) is 5.56. The van der Waals surface area contributed by atoms with Crippen LogP contribution in [0.25, 0.3) is 0 Å². The van der Waals surface area contributed by atoms with Crippen molar-refractivity contribution < 1.29 is 5.11 Å². The quantitative estimate of drug-likeness (QED) is 0.484. The van der Waals surface area contributed by atoms with Gasteiger partial charge >= 0.3 is 0 Å². The monoisotopic (exact) mass is 127 g/mol. The van der Waals surface area contributed by atoms with Gasteiger partial charge in [-0.15, -0.1) is 0 Å². The lowest BCUT2D eigenvalue weighted by atomic mass is 9.95. The topological polar surface area (TPSA) is 32.3 Å². The number of rotatable bonds is 0. The van der Waals surface area contributed by atoms with Crippen molar-refractivity contribution in [2.75, 3.05) is 13.1 Å². The van der Waals surface area contributed by atoms with Crippen molar-refractivity contribution in [1.82, 2.24) is 5.32 Å². The molecule has 0 amide bonds. The SMILES string of the molecule is O[C@H]1CNCC2(CC2)C1. The predicted octanol–water partition coefficient (Wildman–Crippen LogP) is 0.121. The first-order chi connectivity index (χ1) is 4.31. The highest BCUT2D eigenvalue weighted by atomic mass is 16.3. The zero-order chi connectivity index (χ0) is 6.32. The molecule has 2 rings (SSSR count). The fourth-order valence-electron chi connectivity index (χ4n) is 1.71. The van der Waals surface area contributed by atoms with Crippen LogP contribution in [0.4, 0.5) is 0 Å². The molecule has 1 aliphatic carbocycles. The summed E-state index contributed by atoms with van der Waals surface area (Å²) in [6.07, 6.45) is 3.63. The highest BCUT2D eigenvalue weighted by Crippen LogP contribution is 2.50. The second-order valence-corrected chi connectivity index (χ2v) is 3.49. The summed E-state index contributed by atoms with van der Waals surface area (Å²) >= 11 is 0. The smallest absolute Gasteiger partial charge is 0.0670 e. The average molecular weight is 127 g/mol. The molecule has 9 heavy (non-hydrogen) atoms. The minimum Gasteiger partial charge on any atom is -0.392 e. The van der Waals surface area contributed by atoms with Crippen molar-refractivity contribution in [3.63, 3.8) is 0 Å². The summed E-state index contributed by atoms with van der Waals surface area (Å²) in [5.41, 5.74) is 0.539. The first-order valence-electron chi connectivity index (χ1n) is 3.70. The van der Waals surface area contributed by atoms with Gasteiger partial charge in [0.25, 0.3) is 0 Å². The molecule has 1 saturated carbocycles. The Morgan fingerprint density at radius 3 is 2.67 bits per heavy atom. The molecule has 2 heteroatoms. The molecule has 2 nitrogen and oxygen atoms in total. The molecule has 2 fully saturated rings. The lowest BCUT2D eigenvalue weighted by molar-refractivity contribution is 0.106. The third-order valence-electron chi connectivity index (χ3n) is 2.51. The summed E-state index contributed by atoms with van der Waals surface area (Å²) in [6.45, 7) is 1.95. The molecule has 1 spiro atoms. The molecule has 1 saturated heterocycles. The number of piperidine rings is 1. The van der Waals surface area contributed by atoms with Crippen molar-refractivity contribution in [2.24, 2.45) is 5.41 Å². The zero-order valence-corrected chi connectivity index (χ0v) is 5.56. The highest BCUT2D eigenvalue weighted by Gasteiger charge is 2.45. The molecule has 0 unspecified atom stereocenters. The van der Waals surface area contributed by atoms with Crippen LogP contribution >= 0.6 is 0 Å². The largest absolute Gasteiger partial charge is 0.392 e. The molecule has 0 radical (unpaired) electrons. The average Bonchev–Trinajstić information content (AvgIpc) is 2.49. The molecule has 1 atom stereocenters. The number of β-amino-alcohol motifs (C(OH)–C–C–N with tert-alkyl or cyclic N) is 1.